The largest absolute Gasteiger partial charge is 0.390 e. The van der Waals surface area contributed by atoms with Crippen LogP contribution in [0.3, 0.4) is 0 Å². The SMILES string of the molecule is CC1(C)C(=O)CC[C@]2(C)[C@H]3CC[C@@H]4[C@@H]5C[C@@](C)(O)CC[C@]5(C)CC[C@@]4(C)[C@]3(C)CC[C@@H]12. The smallest absolute Gasteiger partial charge is 0.138 e. The predicted octanol–water partition coefficient (Wildman–Crippen LogP) is 7.18. The first-order valence-electron chi connectivity index (χ1n) is 13.5. The summed E-state index contributed by atoms with van der Waals surface area (Å²) in [6, 6.07) is 0. The summed E-state index contributed by atoms with van der Waals surface area (Å²) < 4.78 is 0. The van der Waals surface area contributed by atoms with E-state index < -0.39 is 5.60 Å². The molecule has 2 nitrogen and oxygen atoms in total. The van der Waals surface area contributed by atoms with Crippen LogP contribution in [0.25, 0.3) is 0 Å². The Hall–Kier alpha value is -0.370. The molecule has 5 aliphatic carbocycles. The van der Waals surface area contributed by atoms with E-state index in [1.807, 2.05) is 0 Å². The zero-order chi connectivity index (χ0) is 22.7. The number of hydrogen-bond donors (Lipinski definition) is 1. The molecule has 0 unspecified atom stereocenters. The van der Waals surface area contributed by atoms with Crippen molar-refractivity contribution in [3.8, 4) is 0 Å². The van der Waals surface area contributed by atoms with Crippen LogP contribution in [0.1, 0.15) is 119 Å². The van der Waals surface area contributed by atoms with Crippen molar-refractivity contribution in [3.05, 3.63) is 0 Å². The molecule has 5 rings (SSSR count). The molecule has 2 heteroatoms. The van der Waals surface area contributed by atoms with Crippen LogP contribution in [0.4, 0.5) is 0 Å². The highest BCUT2D eigenvalue weighted by Gasteiger charge is 2.69. The van der Waals surface area contributed by atoms with E-state index in [9.17, 15) is 9.90 Å². The molecule has 1 N–H and O–H groups in total. The number of hydrogen-bond acceptors (Lipinski definition) is 2. The lowest BCUT2D eigenvalue weighted by Crippen LogP contribution is -2.66. The highest BCUT2D eigenvalue weighted by Crippen LogP contribution is 2.76. The summed E-state index contributed by atoms with van der Waals surface area (Å²) in [4.78, 5) is 12.9. The second-order valence-electron chi connectivity index (χ2n) is 14.8. The molecular formula is C29H48O2. The molecule has 0 saturated heterocycles. The molecule has 5 aliphatic rings. The van der Waals surface area contributed by atoms with Crippen LogP contribution in [0.15, 0.2) is 0 Å². The molecule has 0 heterocycles. The maximum atomic E-state index is 12.9. The number of Topliss-reactive ketones (excluding diaryl/α,β-unsaturated/α-hetero) is 1. The van der Waals surface area contributed by atoms with Crippen molar-refractivity contribution in [3.63, 3.8) is 0 Å². The fourth-order valence-corrected chi connectivity index (χ4v) is 10.9. The minimum Gasteiger partial charge on any atom is -0.390 e. The van der Waals surface area contributed by atoms with Crippen molar-refractivity contribution in [2.75, 3.05) is 0 Å². The highest BCUT2D eigenvalue weighted by molar-refractivity contribution is 5.85. The third kappa shape index (κ3) is 2.75. The Kier molecular flexibility index (Phi) is 4.63. The van der Waals surface area contributed by atoms with Gasteiger partial charge in [0.05, 0.1) is 5.60 Å². The summed E-state index contributed by atoms with van der Waals surface area (Å²) in [7, 11) is 0. The third-order valence-corrected chi connectivity index (χ3v) is 13.2. The van der Waals surface area contributed by atoms with Crippen LogP contribution >= 0.6 is 0 Å². The molecule has 0 spiro atoms. The van der Waals surface area contributed by atoms with Gasteiger partial charge in [-0.2, -0.15) is 0 Å². The van der Waals surface area contributed by atoms with Crippen molar-refractivity contribution in [2.24, 2.45) is 50.7 Å². The molecule has 0 aromatic heterocycles. The molecule has 176 valence electrons. The number of rotatable bonds is 0. The Morgan fingerprint density at radius 3 is 2.10 bits per heavy atom. The minimum atomic E-state index is -0.475. The van der Waals surface area contributed by atoms with Gasteiger partial charge in [-0.1, -0.05) is 41.5 Å². The van der Waals surface area contributed by atoms with E-state index in [1.54, 1.807) is 0 Å². The first-order chi connectivity index (χ1) is 14.2. The van der Waals surface area contributed by atoms with Crippen LogP contribution in [0, 0.1) is 50.7 Å². The zero-order valence-corrected chi connectivity index (χ0v) is 21.4. The van der Waals surface area contributed by atoms with Crippen molar-refractivity contribution in [1.29, 1.82) is 0 Å². The summed E-state index contributed by atoms with van der Waals surface area (Å²) >= 11 is 0. The van der Waals surface area contributed by atoms with Crippen molar-refractivity contribution >= 4 is 5.78 Å². The lowest BCUT2D eigenvalue weighted by Gasteiger charge is -2.73. The lowest BCUT2D eigenvalue weighted by atomic mass is 9.32. The Morgan fingerprint density at radius 2 is 1.39 bits per heavy atom. The zero-order valence-electron chi connectivity index (χ0n) is 21.4. The molecule has 0 aromatic rings. The van der Waals surface area contributed by atoms with E-state index in [0.29, 0.717) is 39.3 Å². The Labute approximate surface area is 191 Å². The van der Waals surface area contributed by atoms with Gasteiger partial charge in [-0.05, 0) is 116 Å². The fourth-order valence-electron chi connectivity index (χ4n) is 10.9. The summed E-state index contributed by atoms with van der Waals surface area (Å²) in [5, 5.41) is 11.0. The van der Waals surface area contributed by atoms with E-state index in [1.165, 1.54) is 44.9 Å². The highest BCUT2D eigenvalue weighted by atomic mass is 16.3. The summed E-state index contributed by atoms with van der Waals surface area (Å²) in [5.74, 6) is 3.21. The van der Waals surface area contributed by atoms with Gasteiger partial charge in [0.25, 0.3) is 0 Å². The molecule has 5 fully saturated rings. The number of carbonyl (C=O) groups is 1. The third-order valence-electron chi connectivity index (χ3n) is 13.2. The Bertz CT molecular complexity index is 782. The normalized spacial score (nSPS) is 58.5. The molecule has 0 amide bonds. The molecule has 31 heavy (non-hydrogen) atoms. The molecule has 9 atom stereocenters. The number of ketones is 1. The second-order valence-corrected chi connectivity index (χ2v) is 14.8. The van der Waals surface area contributed by atoms with E-state index >= 15 is 0 Å². The predicted molar refractivity (Wildman–Crippen MR) is 127 cm³/mol. The lowest BCUT2D eigenvalue weighted by molar-refractivity contribution is -0.244. The van der Waals surface area contributed by atoms with Crippen molar-refractivity contribution in [1.82, 2.24) is 0 Å². The molecule has 0 radical (unpaired) electrons. The number of aliphatic hydroxyl groups is 1. The standard InChI is InChI=1S/C29H48O2/c1-24(2)21-10-13-29(7)22(27(21,5)12-11-23(24)30)9-8-19-20-18-26(4,31)16-14-25(20,3)15-17-28(19,29)6/h19-22,31H,8-18H2,1-7H3/t19-,20+,21+,22-,25-,26+,27+,28-,29-/m1/s1. The quantitative estimate of drug-likeness (QED) is 0.443. The van der Waals surface area contributed by atoms with E-state index in [-0.39, 0.29) is 5.41 Å². The van der Waals surface area contributed by atoms with Crippen LogP contribution in [0.2, 0.25) is 0 Å². The van der Waals surface area contributed by atoms with Crippen LogP contribution in [0.5, 0.6) is 0 Å². The van der Waals surface area contributed by atoms with Gasteiger partial charge in [0.2, 0.25) is 0 Å². The fraction of sp³-hybridized carbons (Fsp3) is 0.966. The van der Waals surface area contributed by atoms with Gasteiger partial charge < -0.3 is 5.11 Å². The number of carbonyl (C=O) groups excluding carboxylic acids is 1. The molecule has 0 aliphatic heterocycles. The second kappa shape index (κ2) is 6.39. The van der Waals surface area contributed by atoms with E-state index in [4.69, 9.17) is 0 Å². The first-order valence-corrected chi connectivity index (χ1v) is 13.5. The topological polar surface area (TPSA) is 37.3 Å². The van der Waals surface area contributed by atoms with Gasteiger partial charge in [0.1, 0.15) is 5.78 Å². The van der Waals surface area contributed by atoms with Crippen molar-refractivity contribution in [2.45, 2.75) is 125 Å². The van der Waals surface area contributed by atoms with Crippen molar-refractivity contribution < 1.29 is 9.90 Å². The molecular weight excluding hydrogens is 380 g/mol. The molecule has 0 aromatic carbocycles. The van der Waals surface area contributed by atoms with Crippen LogP contribution < -0.4 is 0 Å². The average molecular weight is 429 g/mol. The van der Waals surface area contributed by atoms with Gasteiger partial charge in [0.15, 0.2) is 0 Å². The Balaban J connectivity index is 1.53. The van der Waals surface area contributed by atoms with E-state index in [0.717, 1.165) is 37.5 Å². The minimum absolute atomic E-state index is 0.153. The maximum absolute atomic E-state index is 12.9. The summed E-state index contributed by atoms with van der Waals surface area (Å²) in [5.41, 5.74) is 0.833. The summed E-state index contributed by atoms with van der Waals surface area (Å²) in [6.07, 6.45) is 13.0. The monoisotopic (exact) mass is 428 g/mol. The van der Waals surface area contributed by atoms with E-state index in [2.05, 4.69) is 48.5 Å². The first kappa shape index (κ1) is 22.4. The number of fused-ring (bicyclic) bond motifs is 7. The van der Waals surface area contributed by atoms with Gasteiger partial charge >= 0.3 is 0 Å². The maximum Gasteiger partial charge on any atom is 0.138 e. The van der Waals surface area contributed by atoms with Crippen LogP contribution in [-0.4, -0.2) is 16.5 Å². The molecule has 5 saturated carbocycles. The summed E-state index contributed by atoms with van der Waals surface area (Å²) in [6.45, 7) is 17.1. The Morgan fingerprint density at radius 1 is 0.710 bits per heavy atom. The molecule has 0 bridgehead atoms. The van der Waals surface area contributed by atoms with Gasteiger partial charge in [0, 0.05) is 11.8 Å². The average Bonchev–Trinajstić information content (AvgIpc) is 2.67. The van der Waals surface area contributed by atoms with Gasteiger partial charge in [-0.3, -0.25) is 4.79 Å². The van der Waals surface area contributed by atoms with Gasteiger partial charge in [-0.25, -0.2) is 0 Å². The van der Waals surface area contributed by atoms with Gasteiger partial charge in [-0.15, -0.1) is 0 Å². The van der Waals surface area contributed by atoms with Crippen LogP contribution in [-0.2, 0) is 4.79 Å².